The van der Waals surface area contributed by atoms with Crippen molar-refractivity contribution in [2.24, 2.45) is 4.99 Å². The van der Waals surface area contributed by atoms with Crippen LogP contribution in [0.15, 0.2) is 41.5 Å². The van der Waals surface area contributed by atoms with E-state index in [1.54, 1.807) is 21.3 Å². The number of anilines is 2. The lowest BCUT2D eigenvalue weighted by Gasteiger charge is -2.34. The normalized spacial score (nSPS) is 15.1. The molecule has 0 bridgehead atoms. The highest BCUT2D eigenvalue weighted by Gasteiger charge is 2.16. The van der Waals surface area contributed by atoms with Gasteiger partial charge in [0.25, 0.3) is 0 Å². The van der Waals surface area contributed by atoms with Crippen molar-refractivity contribution in [3.63, 3.8) is 0 Å². The van der Waals surface area contributed by atoms with E-state index in [4.69, 9.17) is 9.47 Å². The number of ether oxygens (including phenoxy) is 2. The van der Waals surface area contributed by atoms with E-state index in [1.165, 1.54) is 0 Å². The maximum Gasteiger partial charge on any atom is 0.195 e. The first-order chi connectivity index (χ1) is 14.7. The van der Waals surface area contributed by atoms with Crippen molar-refractivity contribution in [3.05, 3.63) is 42.1 Å². The summed E-state index contributed by atoms with van der Waals surface area (Å²) in [6.07, 6.45) is 1.93. The van der Waals surface area contributed by atoms with Crippen molar-refractivity contribution in [1.29, 1.82) is 0 Å². The fraction of sp³-hybridized carbons (Fsp3) is 0.455. The Labute approximate surface area is 178 Å². The summed E-state index contributed by atoms with van der Waals surface area (Å²) in [4.78, 5) is 13.8. The fourth-order valence-corrected chi connectivity index (χ4v) is 3.42. The van der Waals surface area contributed by atoms with Crippen molar-refractivity contribution in [2.75, 3.05) is 64.2 Å². The minimum atomic E-state index is 0.629. The summed E-state index contributed by atoms with van der Waals surface area (Å²) in [6, 6.07) is 9.87. The van der Waals surface area contributed by atoms with Gasteiger partial charge in [-0.25, -0.2) is 4.98 Å². The molecule has 162 valence electrons. The van der Waals surface area contributed by atoms with Crippen LogP contribution in [0.3, 0.4) is 0 Å². The number of benzene rings is 1. The monoisotopic (exact) mass is 412 g/mol. The van der Waals surface area contributed by atoms with Gasteiger partial charge >= 0.3 is 0 Å². The standard InChI is InChI=1S/C22H32N6O2/c1-5-27-10-12-28(13-11-27)21-9-6-17(15-24-21)16-25-22(23-2)26-18-7-8-19(29-3)20(14-18)30-4/h6-9,14-15H,5,10-13,16H2,1-4H3,(H2,23,25,26). The number of pyridine rings is 1. The Bertz CT molecular complexity index is 832. The molecule has 0 spiro atoms. The molecule has 0 atom stereocenters. The first-order valence-corrected chi connectivity index (χ1v) is 10.3. The molecule has 1 aromatic carbocycles. The van der Waals surface area contributed by atoms with Gasteiger partial charge in [-0.1, -0.05) is 13.0 Å². The van der Waals surface area contributed by atoms with Gasteiger partial charge in [0, 0.05) is 57.7 Å². The van der Waals surface area contributed by atoms with Crippen molar-refractivity contribution in [3.8, 4) is 11.5 Å². The Morgan fingerprint density at radius 3 is 2.43 bits per heavy atom. The van der Waals surface area contributed by atoms with Crippen LogP contribution in [0.1, 0.15) is 12.5 Å². The van der Waals surface area contributed by atoms with Crippen LogP contribution >= 0.6 is 0 Å². The minimum Gasteiger partial charge on any atom is -0.493 e. The molecule has 1 fully saturated rings. The quantitative estimate of drug-likeness (QED) is 0.534. The second-order valence-electron chi connectivity index (χ2n) is 7.07. The third-order valence-electron chi connectivity index (χ3n) is 5.28. The van der Waals surface area contributed by atoms with Crippen molar-refractivity contribution >= 4 is 17.5 Å². The van der Waals surface area contributed by atoms with Crippen LogP contribution in [0.5, 0.6) is 11.5 Å². The first-order valence-electron chi connectivity index (χ1n) is 10.3. The van der Waals surface area contributed by atoms with Gasteiger partial charge in [0.05, 0.1) is 14.2 Å². The third kappa shape index (κ3) is 5.54. The molecule has 8 heteroatoms. The molecule has 1 aliphatic heterocycles. The topological polar surface area (TPSA) is 74.2 Å². The Morgan fingerprint density at radius 2 is 1.83 bits per heavy atom. The number of hydrogen-bond donors (Lipinski definition) is 2. The van der Waals surface area contributed by atoms with Crippen LogP contribution in [-0.4, -0.2) is 69.8 Å². The summed E-state index contributed by atoms with van der Waals surface area (Å²) >= 11 is 0. The number of aliphatic imine (C=N–C) groups is 1. The number of aromatic nitrogens is 1. The summed E-state index contributed by atoms with van der Waals surface area (Å²) in [5, 5.41) is 6.59. The molecule has 1 saturated heterocycles. The van der Waals surface area contributed by atoms with E-state index in [0.717, 1.165) is 49.8 Å². The molecule has 0 unspecified atom stereocenters. The first kappa shape index (κ1) is 21.7. The molecule has 0 radical (unpaired) electrons. The molecule has 2 heterocycles. The number of piperazine rings is 1. The summed E-state index contributed by atoms with van der Waals surface area (Å²) < 4.78 is 10.6. The number of methoxy groups -OCH3 is 2. The number of guanidine groups is 1. The van der Waals surface area contributed by atoms with E-state index >= 15 is 0 Å². The summed E-state index contributed by atoms with van der Waals surface area (Å²) in [6.45, 7) is 8.21. The zero-order valence-corrected chi connectivity index (χ0v) is 18.3. The molecule has 2 aromatic rings. The average Bonchev–Trinajstić information content (AvgIpc) is 2.82. The van der Waals surface area contributed by atoms with E-state index in [9.17, 15) is 0 Å². The van der Waals surface area contributed by atoms with E-state index in [1.807, 2.05) is 24.4 Å². The number of nitrogens with zero attached hydrogens (tertiary/aromatic N) is 4. The van der Waals surface area contributed by atoms with Crippen LogP contribution in [0.2, 0.25) is 0 Å². The number of rotatable bonds is 7. The van der Waals surface area contributed by atoms with Crippen molar-refractivity contribution < 1.29 is 9.47 Å². The molecule has 3 rings (SSSR count). The van der Waals surface area contributed by atoms with E-state index in [-0.39, 0.29) is 0 Å². The van der Waals surface area contributed by atoms with Gasteiger partial charge in [0.1, 0.15) is 5.82 Å². The van der Waals surface area contributed by atoms with E-state index < -0.39 is 0 Å². The van der Waals surface area contributed by atoms with Gasteiger partial charge in [-0.05, 0) is 30.3 Å². The van der Waals surface area contributed by atoms with Gasteiger partial charge in [-0.15, -0.1) is 0 Å². The Morgan fingerprint density at radius 1 is 1.07 bits per heavy atom. The second-order valence-corrected chi connectivity index (χ2v) is 7.07. The highest BCUT2D eigenvalue weighted by molar-refractivity contribution is 5.93. The van der Waals surface area contributed by atoms with Gasteiger partial charge in [-0.2, -0.15) is 0 Å². The van der Waals surface area contributed by atoms with Gasteiger partial charge in [0.2, 0.25) is 0 Å². The molecular weight excluding hydrogens is 380 g/mol. The molecule has 1 aliphatic rings. The number of hydrogen-bond acceptors (Lipinski definition) is 6. The number of likely N-dealkylation sites (N-methyl/N-ethyl adjacent to an activating group) is 1. The third-order valence-corrected chi connectivity index (χ3v) is 5.28. The van der Waals surface area contributed by atoms with Crippen molar-refractivity contribution in [2.45, 2.75) is 13.5 Å². The molecule has 30 heavy (non-hydrogen) atoms. The van der Waals surface area contributed by atoms with Crippen LogP contribution in [0, 0.1) is 0 Å². The van der Waals surface area contributed by atoms with E-state index in [2.05, 4.69) is 49.5 Å². The lowest BCUT2D eigenvalue weighted by Crippen LogP contribution is -2.46. The zero-order chi connectivity index (χ0) is 21.3. The molecule has 8 nitrogen and oxygen atoms in total. The largest absolute Gasteiger partial charge is 0.493 e. The fourth-order valence-electron chi connectivity index (χ4n) is 3.42. The maximum absolute atomic E-state index is 5.35. The lowest BCUT2D eigenvalue weighted by molar-refractivity contribution is 0.270. The summed E-state index contributed by atoms with van der Waals surface area (Å²) in [7, 11) is 4.98. The van der Waals surface area contributed by atoms with Crippen molar-refractivity contribution in [1.82, 2.24) is 15.2 Å². The zero-order valence-electron chi connectivity index (χ0n) is 18.3. The molecule has 0 amide bonds. The molecule has 2 N–H and O–H groups in total. The van der Waals surface area contributed by atoms with Crippen LogP contribution in [0.4, 0.5) is 11.5 Å². The predicted octanol–water partition coefficient (Wildman–Crippen LogP) is 2.43. The molecule has 0 aliphatic carbocycles. The highest BCUT2D eigenvalue weighted by atomic mass is 16.5. The van der Waals surface area contributed by atoms with Gasteiger partial charge in [-0.3, -0.25) is 4.99 Å². The van der Waals surface area contributed by atoms with Gasteiger partial charge in [0.15, 0.2) is 17.5 Å². The van der Waals surface area contributed by atoms with Crippen LogP contribution in [0.25, 0.3) is 0 Å². The Hall–Kier alpha value is -3.00. The van der Waals surface area contributed by atoms with Crippen LogP contribution in [-0.2, 0) is 6.54 Å². The molecule has 0 saturated carbocycles. The molecular formula is C22H32N6O2. The smallest absolute Gasteiger partial charge is 0.195 e. The predicted molar refractivity (Wildman–Crippen MR) is 122 cm³/mol. The van der Waals surface area contributed by atoms with Crippen LogP contribution < -0.4 is 25.0 Å². The second kappa shape index (κ2) is 10.7. The SMILES string of the molecule is CCN1CCN(c2ccc(CNC(=NC)Nc3ccc(OC)c(OC)c3)cn2)CC1. The van der Waals surface area contributed by atoms with E-state index in [0.29, 0.717) is 24.0 Å². The number of nitrogens with one attached hydrogen (secondary N) is 2. The Kier molecular flexibility index (Phi) is 7.73. The summed E-state index contributed by atoms with van der Waals surface area (Å²) in [5.41, 5.74) is 1.96. The highest BCUT2D eigenvalue weighted by Crippen LogP contribution is 2.29. The summed E-state index contributed by atoms with van der Waals surface area (Å²) in [5.74, 6) is 3.06. The van der Waals surface area contributed by atoms with Gasteiger partial charge < -0.3 is 29.9 Å². The Balaban J connectivity index is 1.54. The maximum atomic E-state index is 5.35. The minimum absolute atomic E-state index is 0.629. The lowest BCUT2D eigenvalue weighted by atomic mass is 10.2. The average molecular weight is 413 g/mol. The molecule has 1 aromatic heterocycles.